The first-order valence-corrected chi connectivity index (χ1v) is 7.88. The topological polar surface area (TPSA) is 58.4 Å². The van der Waals surface area contributed by atoms with E-state index in [1.807, 2.05) is 0 Å². The van der Waals surface area contributed by atoms with Gasteiger partial charge in [0.2, 0.25) is 5.91 Å². The van der Waals surface area contributed by atoms with E-state index in [2.05, 4.69) is 5.10 Å². The molecule has 1 unspecified atom stereocenters. The van der Waals surface area contributed by atoms with Crippen LogP contribution in [0.5, 0.6) is 0 Å². The summed E-state index contributed by atoms with van der Waals surface area (Å²) >= 11 is 0. The molecule has 1 spiro atoms. The number of likely N-dealkylation sites (tertiary alicyclic amines) is 1. The highest BCUT2D eigenvalue weighted by Gasteiger charge is 2.51. The average Bonchev–Trinajstić information content (AvgIpc) is 3.13. The zero-order valence-electron chi connectivity index (χ0n) is 12.7. The van der Waals surface area contributed by atoms with Crippen molar-refractivity contribution in [3.05, 3.63) is 18.0 Å². The lowest BCUT2D eigenvalue weighted by Crippen LogP contribution is -2.51. The van der Waals surface area contributed by atoms with E-state index in [1.54, 1.807) is 4.90 Å². The fraction of sp³-hybridized carbons (Fsp3) is 0.733. The molecule has 1 saturated heterocycles. The highest BCUT2D eigenvalue weighted by molar-refractivity contribution is 5.79. The predicted octanol–water partition coefficient (Wildman–Crippen LogP) is 1.89. The molecule has 1 aliphatic heterocycles. The molecule has 0 radical (unpaired) electrons. The number of carbonyl (C=O) groups is 1. The SMILES string of the molecule is O=C(Cc1ccn(CC(F)(F)F)n1)N1CCC(O)C12CCCC2. The van der Waals surface area contributed by atoms with Crippen LogP contribution in [0, 0.1) is 0 Å². The summed E-state index contributed by atoms with van der Waals surface area (Å²) < 4.78 is 37.8. The highest BCUT2D eigenvalue weighted by atomic mass is 19.4. The number of hydrogen-bond donors (Lipinski definition) is 1. The van der Waals surface area contributed by atoms with Crippen molar-refractivity contribution in [3.63, 3.8) is 0 Å². The Morgan fingerprint density at radius 2 is 2.09 bits per heavy atom. The van der Waals surface area contributed by atoms with Gasteiger partial charge >= 0.3 is 6.18 Å². The average molecular weight is 331 g/mol. The fourth-order valence-corrected chi connectivity index (χ4v) is 3.91. The van der Waals surface area contributed by atoms with Gasteiger partial charge in [-0.15, -0.1) is 0 Å². The van der Waals surface area contributed by atoms with Gasteiger partial charge in [-0.05, 0) is 25.3 Å². The molecule has 8 heteroatoms. The minimum atomic E-state index is -4.33. The minimum Gasteiger partial charge on any atom is -0.391 e. The Kier molecular flexibility index (Phi) is 4.12. The lowest BCUT2D eigenvalue weighted by Gasteiger charge is -2.37. The number of hydrogen-bond acceptors (Lipinski definition) is 3. The molecule has 1 atom stereocenters. The Morgan fingerprint density at radius 1 is 1.39 bits per heavy atom. The van der Waals surface area contributed by atoms with Crippen LogP contribution in [-0.4, -0.2) is 50.1 Å². The minimum absolute atomic E-state index is 0.0284. The van der Waals surface area contributed by atoms with Crippen LogP contribution in [0.25, 0.3) is 0 Å². The number of aromatic nitrogens is 2. The molecule has 1 aromatic heterocycles. The number of aliphatic hydroxyl groups excluding tert-OH is 1. The van der Waals surface area contributed by atoms with Gasteiger partial charge in [-0.25, -0.2) is 0 Å². The van der Waals surface area contributed by atoms with Crippen LogP contribution in [-0.2, 0) is 17.8 Å². The van der Waals surface area contributed by atoms with Gasteiger partial charge in [0, 0.05) is 12.7 Å². The molecule has 1 N–H and O–H groups in total. The summed E-state index contributed by atoms with van der Waals surface area (Å²) in [6, 6.07) is 1.44. The van der Waals surface area contributed by atoms with Gasteiger partial charge in [0.15, 0.2) is 0 Å². The number of aliphatic hydroxyl groups is 1. The third kappa shape index (κ3) is 3.22. The Morgan fingerprint density at radius 3 is 2.74 bits per heavy atom. The van der Waals surface area contributed by atoms with Gasteiger partial charge in [0.05, 0.1) is 23.8 Å². The molecular weight excluding hydrogens is 311 g/mol. The maximum Gasteiger partial charge on any atom is 0.408 e. The summed E-state index contributed by atoms with van der Waals surface area (Å²) in [5.74, 6) is -0.166. The molecule has 2 heterocycles. The summed E-state index contributed by atoms with van der Waals surface area (Å²) in [5.41, 5.74) is -0.139. The van der Waals surface area contributed by atoms with Crippen molar-refractivity contribution >= 4 is 5.91 Å². The summed E-state index contributed by atoms with van der Waals surface area (Å²) in [4.78, 5) is 14.3. The van der Waals surface area contributed by atoms with Crippen LogP contribution in [0.4, 0.5) is 13.2 Å². The second-order valence-electron chi connectivity index (χ2n) is 6.46. The van der Waals surface area contributed by atoms with Gasteiger partial charge in [0.1, 0.15) is 6.54 Å². The van der Waals surface area contributed by atoms with Gasteiger partial charge in [-0.1, -0.05) is 12.8 Å². The number of alkyl halides is 3. The lowest BCUT2D eigenvalue weighted by molar-refractivity contribution is -0.142. The number of nitrogens with zero attached hydrogens (tertiary/aromatic N) is 3. The predicted molar refractivity (Wildman–Crippen MR) is 75.5 cm³/mol. The van der Waals surface area contributed by atoms with Crippen molar-refractivity contribution in [2.75, 3.05) is 6.54 Å². The van der Waals surface area contributed by atoms with Crippen molar-refractivity contribution in [2.45, 2.75) is 62.9 Å². The maximum absolute atomic E-state index is 12.6. The first kappa shape index (κ1) is 16.3. The summed E-state index contributed by atoms with van der Waals surface area (Å²) in [5, 5.41) is 14.1. The van der Waals surface area contributed by atoms with Crippen molar-refractivity contribution in [3.8, 4) is 0 Å². The summed E-state index contributed by atoms with van der Waals surface area (Å²) in [6.45, 7) is -0.656. The molecule has 3 rings (SSSR count). The van der Waals surface area contributed by atoms with Crippen LogP contribution < -0.4 is 0 Å². The van der Waals surface area contributed by atoms with Gasteiger partial charge in [0.25, 0.3) is 0 Å². The van der Waals surface area contributed by atoms with E-state index < -0.39 is 24.4 Å². The Hall–Kier alpha value is -1.57. The van der Waals surface area contributed by atoms with Crippen molar-refractivity contribution in [1.29, 1.82) is 0 Å². The van der Waals surface area contributed by atoms with Gasteiger partial charge < -0.3 is 10.0 Å². The van der Waals surface area contributed by atoms with E-state index in [0.717, 1.165) is 30.4 Å². The molecule has 23 heavy (non-hydrogen) atoms. The second kappa shape index (κ2) is 5.81. The van der Waals surface area contributed by atoms with Gasteiger partial charge in [-0.3, -0.25) is 9.48 Å². The summed E-state index contributed by atoms with van der Waals surface area (Å²) in [6.07, 6.45) is 0.498. The van der Waals surface area contributed by atoms with Crippen molar-refractivity contribution in [1.82, 2.24) is 14.7 Å². The summed E-state index contributed by atoms with van der Waals surface area (Å²) in [7, 11) is 0. The van der Waals surface area contributed by atoms with E-state index in [-0.39, 0.29) is 12.3 Å². The molecule has 1 amide bonds. The highest BCUT2D eigenvalue weighted by Crippen LogP contribution is 2.43. The Balaban J connectivity index is 1.67. The van der Waals surface area contributed by atoms with Crippen LogP contribution >= 0.6 is 0 Å². The number of amides is 1. The smallest absolute Gasteiger partial charge is 0.391 e. The first-order chi connectivity index (χ1) is 10.8. The molecular formula is C15H20F3N3O2. The quantitative estimate of drug-likeness (QED) is 0.920. The van der Waals surface area contributed by atoms with E-state index in [1.165, 1.54) is 12.3 Å². The van der Waals surface area contributed by atoms with Crippen LogP contribution in [0.1, 0.15) is 37.8 Å². The molecule has 2 fully saturated rings. The number of halogens is 3. The first-order valence-electron chi connectivity index (χ1n) is 7.88. The third-order valence-electron chi connectivity index (χ3n) is 4.92. The number of carbonyl (C=O) groups excluding carboxylic acids is 1. The standard InChI is InChI=1S/C15H20F3N3O2/c16-15(17,18)10-20-7-3-11(19-20)9-13(23)21-8-4-12(22)14(21)5-1-2-6-14/h3,7,12,22H,1-2,4-6,8-10H2. The fourth-order valence-electron chi connectivity index (χ4n) is 3.91. The number of rotatable bonds is 3. The van der Waals surface area contributed by atoms with Crippen LogP contribution in [0.3, 0.4) is 0 Å². The van der Waals surface area contributed by atoms with Crippen molar-refractivity contribution in [2.24, 2.45) is 0 Å². The monoisotopic (exact) mass is 331 g/mol. The van der Waals surface area contributed by atoms with Crippen LogP contribution in [0.15, 0.2) is 12.3 Å². The normalized spacial score (nSPS) is 23.8. The van der Waals surface area contributed by atoms with E-state index in [9.17, 15) is 23.1 Å². The second-order valence-corrected chi connectivity index (χ2v) is 6.46. The van der Waals surface area contributed by atoms with E-state index in [0.29, 0.717) is 18.7 Å². The zero-order valence-corrected chi connectivity index (χ0v) is 12.7. The van der Waals surface area contributed by atoms with Gasteiger partial charge in [-0.2, -0.15) is 18.3 Å². The van der Waals surface area contributed by atoms with Crippen molar-refractivity contribution < 1.29 is 23.1 Å². The maximum atomic E-state index is 12.6. The molecule has 0 aromatic carbocycles. The Bertz CT molecular complexity index is 579. The molecule has 1 aromatic rings. The molecule has 0 bridgehead atoms. The third-order valence-corrected chi connectivity index (χ3v) is 4.92. The molecule has 5 nitrogen and oxygen atoms in total. The lowest BCUT2D eigenvalue weighted by atomic mass is 9.91. The zero-order chi connectivity index (χ0) is 16.7. The Labute approximate surface area is 132 Å². The molecule has 1 aliphatic carbocycles. The van der Waals surface area contributed by atoms with E-state index >= 15 is 0 Å². The molecule has 1 saturated carbocycles. The largest absolute Gasteiger partial charge is 0.408 e. The molecule has 2 aliphatic rings. The van der Waals surface area contributed by atoms with Crippen LogP contribution in [0.2, 0.25) is 0 Å². The van der Waals surface area contributed by atoms with E-state index in [4.69, 9.17) is 0 Å². The molecule has 128 valence electrons.